The summed E-state index contributed by atoms with van der Waals surface area (Å²) in [5, 5.41) is 9.28. The minimum atomic E-state index is -0.794. The highest BCUT2D eigenvalue weighted by Crippen LogP contribution is 2.33. The lowest BCUT2D eigenvalue weighted by Crippen LogP contribution is -2.45. The number of amides is 1. The van der Waals surface area contributed by atoms with Gasteiger partial charge in [0.05, 0.1) is 11.8 Å². The second-order valence-electron chi connectivity index (χ2n) is 6.01. The molecule has 2 aliphatic carbocycles. The van der Waals surface area contributed by atoms with E-state index in [4.69, 9.17) is 0 Å². The Bertz CT molecular complexity index is 338. The van der Waals surface area contributed by atoms with Crippen molar-refractivity contribution in [3.8, 4) is 0 Å². The maximum atomic E-state index is 12.6. The number of hydrogen-bond donors (Lipinski definition) is 1. The normalized spacial score (nSPS) is 27.6. The number of aliphatic carboxylic acids is 1. The minimum Gasteiger partial charge on any atom is -0.481 e. The zero-order valence-electron chi connectivity index (χ0n) is 11.8. The summed E-state index contributed by atoms with van der Waals surface area (Å²) in [6, 6.07) is 0. The van der Waals surface area contributed by atoms with Crippen LogP contribution in [0.15, 0.2) is 0 Å². The van der Waals surface area contributed by atoms with E-state index in [0.29, 0.717) is 18.9 Å². The zero-order valence-corrected chi connectivity index (χ0v) is 11.8. The van der Waals surface area contributed by atoms with Crippen LogP contribution in [-0.2, 0) is 9.59 Å². The Morgan fingerprint density at radius 3 is 2.16 bits per heavy atom. The molecule has 4 nitrogen and oxygen atoms in total. The van der Waals surface area contributed by atoms with Crippen molar-refractivity contribution in [3.63, 3.8) is 0 Å². The lowest BCUT2D eigenvalue weighted by atomic mass is 9.78. The van der Waals surface area contributed by atoms with E-state index in [1.807, 2.05) is 11.8 Å². The molecule has 0 aliphatic heterocycles. The largest absolute Gasteiger partial charge is 0.481 e. The highest BCUT2D eigenvalue weighted by molar-refractivity contribution is 5.85. The molecule has 1 amide bonds. The van der Waals surface area contributed by atoms with Crippen LogP contribution in [0.1, 0.15) is 51.9 Å². The van der Waals surface area contributed by atoms with Gasteiger partial charge < -0.3 is 10.0 Å². The Balaban J connectivity index is 1.99. The van der Waals surface area contributed by atoms with Crippen molar-refractivity contribution < 1.29 is 14.7 Å². The average molecular weight is 267 g/mol. The highest BCUT2D eigenvalue weighted by atomic mass is 16.4. The summed E-state index contributed by atoms with van der Waals surface area (Å²) in [7, 11) is 0. The van der Waals surface area contributed by atoms with Gasteiger partial charge in [-0.1, -0.05) is 19.3 Å². The summed E-state index contributed by atoms with van der Waals surface area (Å²) in [5.74, 6) is -0.807. The summed E-state index contributed by atoms with van der Waals surface area (Å²) in [6.07, 6.45) is 7.05. The molecule has 4 heteroatoms. The third-order valence-corrected chi connectivity index (χ3v) is 4.80. The lowest BCUT2D eigenvalue weighted by Gasteiger charge is -2.36. The van der Waals surface area contributed by atoms with E-state index in [0.717, 1.165) is 25.8 Å². The molecule has 19 heavy (non-hydrogen) atoms. The molecule has 0 saturated heterocycles. The monoisotopic (exact) mass is 267 g/mol. The number of carboxylic acid groups (broad SMARTS) is 1. The molecule has 0 bridgehead atoms. The van der Waals surface area contributed by atoms with Gasteiger partial charge in [-0.25, -0.2) is 0 Å². The maximum Gasteiger partial charge on any atom is 0.307 e. The molecule has 2 saturated carbocycles. The maximum absolute atomic E-state index is 12.6. The van der Waals surface area contributed by atoms with Crippen molar-refractivity contribution in [1.82, 2.24) is 4.90 Å². The molecule has 2 rings (SSSR count). The number of rotatable bonds is 5. The van der Waals surface area contributed by atoms with Crippen LogP contribution in [0.4, 0.5) is 0 Å². The van der Waals surface area contributed by atoms with E-state index < -0.39 is 11.9 Å². The van der Waals surface area contributed by atoms with E-state index in [2.05, 4.69) is 0 Å². The van der Waals surface area contributed by atoms with Gasteiger partial charge in [-0.15, -0.1) is 0 Å². The molecule has 2 unspecified atom stereocenters. The highest BCUT2D eigenvalue weighted by Gasteiger charge is 2.38. The third kappa shape index (κ3) is 3.28. The number of hydrogen-bond acceptors (Lipinski definition) is 2. The molecule has 2 fully saturated rings. The molecule has 108 valence electrons. The Hall–Kier alpha value is -1.06. The molecule has 0 radical (unpaired) electrons. The van der Waals surface area contributed by atoms with Gasteiger partial charge >= 0.3 is 5.97 Å². The van der Waals surface area contributed by atoms with Gasteiger partial charge in [0.2, 0.25) is 5.91 Å². The first-order chi connectivity index (χ1) is 9.13. The van der Waals surface area contributed by atoms with Crippen LogP contribution < -0.4 is 0 Å². The topological polar surface area (TPSA) is 57.6 Å². The quantitative estimate of drug-likeness (QED) is 0.832. The van der Waals surface area contributed by atoms with Gasteiger partial charge in [-0.05, 0) is 38.5 Å². The molecular formula is C15H25NO3. The molecule has 2 atom stereocenters. The van der Waals surface area contributed by atoms with Gasteiger partial charge in [0.15, 0.2) is 0 Å². The minimum absolute atomic E-state index is 0.0847. The van der Waals surface area contributed by atoms with E-state index in [-0.39, 0.29) is 11.8 Å². The summed E-state index contributed by atoms with van der Waals surface area (Å²) in [4.78, 5) is 25.8. The fourth-order valence-corrected chi connectivity index (χ4v) is 3.32. The smallest absolute Gasteiger partial charge is 0.307 e. The molecule has 2 aliphatic rings. The third-order valence-electron chi connectivity index (χ3n) is 4.80. The van der Waals surface area contributed by atoms with Gasteiger partial charge in [0.1, 0.15) is 0 Å². The molecule has 1 N–H and O–H groups in total. The predicted molar refractivity (Wildman–Crippen MR) is 72.7 cm³/mol. The van der Waals surface area contributed by atoms with E-state index >= 15 is 0 Å². The van der Waals surface area contributed by atoms with Crippen molar-refractivity contribution in [1.29, 1.82) is 0 Å². The number of carbonyl (C=O) groups excluding carboxylic acids is 1. The van der Waals surface area contributed by atoms with Crippen molar-refractivity contribution in [2.45, 2.75) is 51.9 Å². The average Bonchev–Trinajstić information content (AvgIpc) is 2.37. The van der Waals surface area contributed by atoms with Crippen LogP contribution in [0.2, 0.25) is 0 Å². The standard InChI is InChI=1S/C15H25NO3/c1-2-16(10-11-6-5-7-11)14(17)12-8-3-4-9-13(12)15(18)19/h11-13H,2-10H2,1H3,(H,18,19). The second kappa shape index (κ2) is 6.40. The molecule has 0 aromatic carbocycles. The first kappa shape index (κ1) is 14.4. The lowest BCUT2D eigenvalue weighted by molar-refractivity contribution is -0.152. The van der Waals surface area contributed by atoms with Crippen LogP contribution in [0.3, 0.4) is 0 Å². The molecule has 0 aromatic heterocycles. The Labute approximate surface area is 115 Å². The van der Waals surface area contributed by atoms with Crippen LogP contribution in [0, 0.1) is 17.8 Å². The Morgan fingerprint density at radius 2 is 1.68 bits per heavy atom. The van der Waals surface area contributed by atoms with Gasteiger partial charge in [0.25, 0.3) is 0 Å². The van der Waals surface area contributed by atoms with Crippen molar-refractivity contribution >= 4 is 11.9 Å². The number of carboxylic acids is 1. The molecule has 0 spiro atoms. The zero-order chi connectivity index (χ0) is 13.8. The second-order valence-corrected chi connectivity index (χ2v) is 6.01. The van der Waals surface area contributed by atoms with Crippen LogP contribution in [-0.4, -0.2) is 35.0 Å². The predicted octanol–water partition coefficient (Wildman–Crippen LogP) is 2.53. The van der Waals surface area contributed by atoms with Gasteiger partial charge in [-0.3, -0.25) is 9.59 Å². The first-order valence-electron chi connectivity index (χ1n) is 7.65. The number of nitrogens with zero attached hydrogens (tertiary/aromatic N) is 1. The van der Waals surface area contributed by atoms with Crippen molar-refractivity contribution in [3.05, 3.63) is 0 Å². The van der Waals surface area contributed by atoms with Gasteiger partial charge in [-0.2, -0.15) is 0 Å². The summed E-state index contributed by atoms with van der Waals surface area (Å²) in [6.45, 7) is 3.53. The summed E-state index contributed by atoms with van der Waals surface area (Å²) < 4.78 is 0. The van der Waals surface area contributed by atoms with Crippen molar-refractivity contribution in [2.75, 3.05) is 13.1 Å². The summed E-state index contributed by atoms with van der Waals surface area (Å²) in [5.41, 5.74) is 0. The van der Waals surface area contributed by atoms with Gasteiger partial charge in [0, 0.05) is 13.1 Å². The number of carbonyl (C=O) groups is 2. The van der Waals surface area contributed by atoms with Crippen molar-refractivity contribution in [2.24, 2.45) is 17.8 Å². The van der Waals surface area contributed by atoms with E-state index in [1.54, 1.807) is 0 Å². The van der Waals surface area contributed by atoms with Crippen LogP contribution >= 0.6 is 0 Å². The Morgan fingerprint density at radius 1 is 1.05 bits per heavy atom. The summed E-state index contributed by atoms with van der Waals surface area (Å²) >= 11 is 0. The first-order valence-corrected chi connectivity index (χ1v) is 7.65. The van der Waals surface area contributed by atoms with Crippen LogP contribution in [0.5, 0.6) is 0 Å². The van der Waals surface area contributed by atoms with E-state index in [9.17, 15) is 14.7 Å². The fourth-order valence-electron chi connectivity index (χ4n) is 3.32. The molecular weight excluding hydrogens is 242 g/mol. The Kier molecular flexibility index (Phi) is 4.83. The van der Waals surface area contributed by atoms with E-state index in [1.165, 1.54) is 19.3 Å². The fraction of sp³-hybridized carbons (Fsp3) is 0.867. The molecule has 0 heterocycles. The SMILES string of the molecule is CCN(CC1CCC1)C(=O)C1CCCCC1C(=O)O. The van der Waals surface area contributed by atoms with Crippen LogP contribution in [0.25, 0.3) is 0 Å². The molecule has 0 aromatic rings.